The van der Waals surface area contributed by atoms with Gasteiger partial charge in [0.25, 0.3) is 0 Å². The van der Waals surface area contributed by atoms with E-state index in [1.54, 1.807) is 0 Å². The van der Waals surface area contributed by atoms with E-state index in [-0.39, 0.29) is 0 Å². The second kappa shape index (κ2) is 5.02. The lowest BCUT2D eigenvalue weighted by molar-refractivity contribution is 0.271. The van der Waals surface area contributed by atoms with Gasteiger partial charge in [-0.15, -0.1) is 0 Å². The summed E-state index contributed by atoms with van der Waals surface area (Å²) in [6.07, 6.45) is 2.91. The smallest absolute Gasteiger partial charge is 0.0575 e. The van der Waals surface area contributed by atoms with E-state index in [0.29, 0.717) is 0 Å². The van der Waals surface area contributed by atoms with Gasteiger partial charge in [-0.25, -0.2) is 0 Å². The molecule has 98 valence electrons. The average molecular weight is 253 g/mol. The Morgan fingerprint density at radius 2 is 2.11 bits per heavy atom. The van der Waals surface area contributed by atoms with Crippen molar-refractivity contribution in [1.29, 1.82) is 0 Å². The first-order valence-electron chi connectivity index (χ1n) is 6.79. The van der Waals surface area contributed by atoms with Crippen molar-refractivity contribution in [2.75, 3.05) is 5.73 Å². The molecule has 3 heteroatoms. The van der Waals surface area contributed by atoms with Gasteiger partial charge in [0.2, 0.25) is 0 Å². The number of hydrogen-bond acceptors (Lipinski definition) is 3. The molecule has 2 N–H and O–H groups in total. The lowest BCUT2D eigenvalue weighted by Crippen LogP contribution is -2.17. The fourth-order valence-corrected chi connectivity index (χ4v) is 2.78. The number of pyridine rings is 1. The third-order valence-electron chi connectivity index (χ3n) is 3.82. The van der Waals surface area contributed by atoms with E-state index in [0.717, 1.165) is 31.7 Å². The number of nitrogen functional groups attached to an aromatic ring is 1. The number of benzene rings is 1. The Bertz CT molecular complexity index is 592. The van der Waals surface area contributed by atoms with Gasteiger partial charge < -0.3 is 5.73 Å². The van der Waals surface area contributed by atoms with E-state index in [9.17, 15) is 0 Å². The molecule has 2 heterocycles. The van der Waals surface area contributed by atoms with Gasteiger partial charge >= 0.3 is 0 Å². The van der Waals surface area contributed by atoms with Crippen LogP contribution < -0.4 is 5.73 Å². The lowest BCUT2D eigenvalue weighted by Gasteiger charge is -2.16. The number of fused-ring (bicyclic) bond motifs is 1. The first kappa shape index (κ1) is 12.2. The van der Waals surface area contributed by atoms with E-state index in [1.807, 2.05) is 24.4 Å². The zero-order chi connectivity index (χ0) is 13.2. The minimum absolute atomic E-state index is 0.901. The molecule has 3 rings (SSSR count). The van der Waals surface area contributed by atoms with Gasteiger partial charge in [-0.3, -0.25) is 9.88 Å². The Morgan fingerprint density at radius 1 is 1.21 bits per heavy atom. The molecular formula is C16H19N3. The number of nitrogens with zero attached hydrogens (tertiary/aromatic N) is 2. The molecular weight excluding hydrogens is 234 g/mol. The Kier molecular flexibility index (Phi) is 3.22. The summed E-state index contributed by atoms with van der Waals surface area (Å²) in [6, 6.07) is 10.4. The zero-order valence-electron chi connectivity index (χ0n) is 11.3. The molecule has 0 aliphatic carbocycles. The third-order valence-corrected chi connectivity index (χ3v) is 3.82. The van der Waals surface area contributed by atoms with Crippen LogP contribution in [0.4, 0.5) is 5.69 Å². The summed E-state index contributed by atoms with van der Waals surface area (Å²) in [6.45, 7) is 4.98. The highest BCUT2D eigenvalue weighted by atomic mass is 15.1. The monoisotopic (exact) mass is 253 g/mol. The molecule has 0 bridgehead atoms. The third kappa shape index (κ3) is 2.34. The molecule has 2 aromatic rings. The normalized spacial score (nSPS) is 14.6. The van der Waals surface area contributed by atoms with E-state index in [4.69, 9.17) is 5.73 Å². The zero-order valence-corrected chi connectivity index (χ0v) is 11.3. The van der Waals surface area contributed by atoms with Crippen LogP contribution in [0.5, 0.6) is 0 Å². The summed E-state index contributed by atoms with van der Waals surface area (Å²) >= 11 is 0. The fourth-order valence-electron chi connectivity index (χ4n) is 2.78. The molecule has 0 saturated heterocycles. The number of anilines is 1. The van der Waals surface area contributed by atoms with Crippen LogP contribution in [-0.2, 0) is 26.1 Å². The van der Waals surface area contributed by atoms with E-state index in [1.165, 1.54) is 22.4 Å². The summed E-state index contributed by atoms with van der Waals surface area (Å²) in [5.41, 5.74) is 12.1. The first-order valence-corrected chi connectivity index (χ1v) is 6.79. The molecule has 0 saturated carbocycles. The van der Waals surface area contributed by atoms with Crippen LogP contribution in [0, 0.1) is 0 Å². The maximum absolute atomic E-state index is 6.04. The predicted molar refractivity (Wildman–Crippen MR) is 77.4 cm³/mol. The molecule has 0 unspecified atom stereocenters. The number of aromatic nitrogens is 1. The molecule has 3 nitrogen and oxygen atoms in total. The number of aryl methyl sites for hydroxylation is 1. The summed E-state index contributed by atoms with van der Waals surface area (Å²) in [4.78, 5) is 6.93. The molecule has 0 spiro atoms. The largest absolute Gasteiger partial charge is 0.398 e. The second-order valence-corrected chi connectivity index (χ2v) is 5.09. The van der Waals surface area contributed by atoms with Crippen LogP contribution in [0.15, 0.2) is 36.5 Å². The Hall–Kier alpha value is -1.87. The molecule has 0 atom stereocenters. The molecule has 1 aromatic heterocycles. The highest BCUT2D eigenvalue weighted by Crippen LogP contribution is 2.28. The van der Waals surface area contributed by atoms with Gasteiger partial charge in [-0.2, -0.15) is 0 Å². The van der Waals surface area contributed by atoms with Crippen LogP contribution >= 0.6 is 0 Å². The molecule has 0 fully saturated rings. The molecule has 19 heavy (non-hydrogen) atoms. The predicted octanol–water partition coefficient (Wildman–Crippen LogP) is 2.74. The van der Waals surface area contributed by atoms with Crippen molar-refractivity contribution in [2.45, 2.75) is 33.0 Å². The van der Waals surface area contributed by atoms with Crippen LogP contribution in [0.3, 0.4) is 0 Å². The van der Waals surface area contributed by atoms with Crippen molar-refractivity contribution in [2.24, 2.45) is 0 Å². The van der Waals surface area contributed by atoms with Crippen molar-refractivity contribution in [3.8, 4) is 0 Å². The van der Waals surface area contributed by atoms with Crippen LogP contribution in [0.2, 0.25) is 0 Å². The van der Waals surface area contributed by atoms with Gasteiger partial charge in [0.1, 0.15) is 0 Å². The van der Waals surface area contributed by atoms with Gasteiger partial charge in [0, 0.05) is 31.5 Å². The van der Waals surface area contributed by atoms with Gasteiger partial charge in [-0.05, 0) is 35.2 Å². The molecule has 1 aliphatic heterocycles. The number of rotatable bonds is 3. The highest BCUT2D eigenvalue weighted by Gasteiger charge is 2.21. The van der Waals surface area contributed by atoms with Crippen molar-refractivity contribution in [1.82, 2.24) is 9.88 Å². The van der Waals surface area contributed by atoms with Gasteiger partial charge in [0.15, 0.2) is 0 Å². The summed E-state index contributed by atoms with van der Waals surface area (Å²) < 4.78 is 0. The Labute approximate surface area is 114 Å². The van der Waals surface area contributed by atoms with Crippen molar-refractivity contribution >= 4 is 5.69 Å². The van der Waals surface area contributed by atoms with Gasteiger partial charge in [-0.1, -0.05) is 25.1 Å². The Balaban J connectivity index is 1.79. The number of nitrogens with two attached hydrogens (primary N) is 1. The quantitative estimate of drug-likeness (QED) is 0.855. The average Bonchev–Trinajstić information content (AvgIpc) is 2.83. The molecule has 1 aliphatic rings. The molecule has 0 amide bonds. The van der Waals surface area contributed by atoms with Crippen LogP contribution in [0.25, 0.3) is 0 Å². The standard InChI is InChI=1S/C16H19N3/c1-2-12-6-4-8-18-16(12)11-19-9-13-5-3-7-15(17)14(13)10-19/h3-8H,2,9-11,17H2,1H3. The van der Waals surface area contributed by atoms with Crippen molar-refractivity contribution in [3.63, 3.8) is 0 Å². The minimum atomic E-state index is 0.901. The van der Waals surface area contributed by atoms with Crippen molar-refractivity contribution < 1.29 is 0 Å². The Morgan fingerprint density at radius 3 is 2.89 bits per heavy atom. The minimum Gasteiger partial charge on any atom is -0.398 e. The van der Waals surface area contributed by atoms with Crippen molar-refractivity contribution in [3.05, 3.63) is 58.9 Å². The molecule has 1 aromatic carbocycles. The second-order valence-electron chi connectivity index (χ2n) is 5.09. The lowest BCUT2D eigenvalue weighted by atomic mass is 10.1. The SMILES string of the molecule is CCc1cccnc1CN1Cc2cccc(N)c2C1. The van der Waals surface area contributed by atoms with E-state index in [2.05, 4.69) is 28.9 Å². The summed E-state index contributed by atoms with van der Waals surface area (Å²) in [5.74, 6) is 0. The van der Waals surface area contributed by atoms with E-state index >= 15 is 0 Å². The summed E-state index contributed by atoms with van der Waals surface area (Å²) in [7, 11) is 0. The van der Waals surface area contributed by atoms with Crippen LogP contribution in [-0.4, -0.2) is 9.88 Å². The first-order chi connectivity index (χ1) is 9.28. The maximum atomic E-state index is 6.04. The summed E-state index contributed by atoms with van der Waals surface area (Å²) in [5, 5.41) is 0. The topological polar surface area (TPSA) is 42.2 Å². The van der Waals surface area contributed by atoms with Crippen LogP contribution in [0.1, 0.15) is 29.3 Å². The highest BCUT2D eigenvalue weighted by molar-refractivity contribution is 5.52. The number of hydrogen-bond donors (Lipinski definition) is 1. The molecule has 0 radical (unpaired) electrons. The van der Waals surface area contributed by atoms with Gasteiger partial charge in [0.05, 0.1) is 5.69 Å². The fraction of sp³-hybridized carbons (Fsp3) is 0.312. The van der Waals surface area contributed by atoms with E-state index < -0.39 is 0 Å². The maximum Gasteiger partial charge on any atom is 0.0575 e.